The molecule has 3 aromatic rings. The summed E-state index contributed by atoms with van der Waals surface area (Å²) in [5, 5.41) is 2.94. The Hall–Kier alpha value is -3.52. The number of hydrogen-bond acceptors (Lipinski definition) is 5. The summed E-state index contributed by atoms with van der Waals surface area (Å²) >= 11 is 0. The van der Waals surface area contributed by atoms with Gasteiger partial charge < -0.3 is 15.0 Å². The van der Waals surface area contributed by atoms with E-state index in [-0.39, 0.29) is 12.6 Å². The number of anilines is 2. The first-order chi connectivity index (χ1) is 17.7. The zero-order valence-electron chi connectivity index (χ0n) is 21.6. The fourth-order valence-corrected chi connectivity index (χ4v) is 5.35. The molecule has 4 rings (SSSR count). The molecule has 0 saturated carbocycles. The van der Waals surface area contributed by atoms with E-state index in [4.69, 9.17) is 4.74 Å². The molecular formula is C29H35N3O4S. The van der Waals surface area contributed by atoms with Gasteiger partial charge in [0.25, 0.3) is 0 Å². The maximum absolute atomic E-state index is 13.0. The van der Waals surface area contributed by atoms with Crippen LogP contribution >= 0.6 is 0 Å². The molecule has 37 heavy (non-hydrogen) atoms. The minimum absolute atomic E-state index is 0.278. The summed E-state index contributed by atoms with van der Waals surface area (Å²) in [5.41, 5.74) is 2.45. The first kappa shape index (κ1) is 26.5. The van der Waals surface area contributed by atoms with Crippen molar-refractivity contribution in [2.24, 2.45) is 5.92 Å². The molecule has 1 N–H and O–H groups in total. The number of carbonyl (C=O) groups is 1. The van der Waals surface area contributed by atoms with E-state index in [0.717, 1.165) is 35.1 Å². The van der Waals surface area contributed by atoms with Crippen LogP contribution in [0.3, 0.4) is 0 Å². The molecule has 1 fully saturated rings. The van der Waals surface area contributed by atoms with Gasteiger partial charge in [-0.15, -0.1) is 0 Å². The van der Waals surface area contributed by atoms with Crippen LogP contribution in [0.15, 0.2) is 78.9 Å². The summed E-state index contributed by atoms with van der Waals surface area (Å²) < 4.78 is 32.5. The second-order valence-corrected chi connectivity index (χ2v) is 11.6. The van der Waals surface area contributed by atoms with Gasteiger partial charge in [-0.2, -0.15) is 0 Å². The average Bonchev–Trinajstić information content (AvgIpc) is 2.88. The molecule has 1 aliphatic heterocycles. The molecule has 3 aromatic carbocycles. The van der Waals surface area contributed by atoms with Gasteiger partial charge >= 0.3 is 0 Å². The Bertz CT molecular complexity index is 1290. The molecule has 0 bridgehead atoms. The number of nitrogens with one attached hydrogen (secondary N) is 1. The number of piperidine rings is 1. The lowest BCUT2D eigenvalue weighted by Gasteiger charge is -2.32. The Morgan fingerprint density at radius 1 is 1.00 bits per heavy atom. The van der Waals surface area contributed by atoms with Gasteiger partial charge in [0.15, 0.2) is 5.75 Å². The normalized spacial score (nSPS) is 15.2. The van der Waals surface area contributed by atoms with Crippen molar-refractivity contribution in [3.63, 3.8) is 0 Å². The van der Waals surface area contributed by atoms with Gasteiger partial charge in [-0.3, -0.25) is 9.10 Å². The topological polar surface area (TPSA) is 79.0 Å². The standard InChI is InChI=1S/C29H35N3O4S/c1-22-17-19-31(20-18-22)25-15-13-24(14-16-25)23(2)30-29(33)21-32(37(3,34)35)27-11-7-8-12-28(27)36-26-9-5-4-6-10-26/h4-16,22-23H,17-21H2,1-3H3,(H,30,33). The molecule has 1 atom stereocenters. The maximum atomic E-state index is 13.0. The van der Waals surface area contributed by atoms with Crippen molar-refractivity contribution in [2.45, 2.75) is 32.7 Å². The van der Waals surface area contributed by atoms with E-state index in [1.54, 1.807) is 36.4 Å². The molecular weight excluding hydrogens is 486 g/mol. The largest absolute Gasteiger partial charge is 0.455 e. The van der Waals surface area contributed by atoms with Gasteiger partial charge in [0, 0.05) is 18.8 Å². The van der Waals surface area contributed by atoms with Crippen LogP contribution in [0.5, 0.6) is 11.5 Å². The minimum atomic E-state index is -3.76. The lowest BCUT2D eigenvalue weighted by atomic mass is 9.98. The Morgan fingerprint density at radius 2 is 1.62 bits per heavy atom. The van der Waals surface area contributed by atoms with E-state index in [1.165, 1.54) is 18.5 Å². The Kier molecular flexibility index (Phi) is 8.38. The molecule has 8 heteroatoms. The number of benzene rings is 3. The molecule has 1 unspecified atom stereocenters. The highest BCUT2D eigenvalue weighted by Crippen LogP contribution is 2.33. The molecule has 0 radical (unpaired) electrons. The van der Waals surface area contributed by atoms with Crippen molar-refractivity contribution < 1.29 is 17.9 Å². The third kappa shape index (κ3) is 7.04. The van der Waals surface area contributed by atoms with Gasteiger partial charge in [-0.1, -0.05) is 49.4 Å². The second kappa shape index (κ2) is 11.7. The van der Waals surface area contributed by atoms with Crippen molar-refractivity contribution in [1.82, 2.24) is 5.32 Å². The molecule has 1 heterocycles. The van der Waals surface area contributed by atoms with Crippen LogP contribution < -0.4 is 19.3 Å². The van der Waals surface area contributed by atoms with E-state index in [9.17, 15) is 13.2 Å². The van der Waals surface area contributed by atoms with Gasteiger partial charge in [0.1, 0.15) is 12.3 Å². The van der Waals surface area contributed by atoms with Crippen molar-refractivity contribution in [1.29, 1.82) is 0 Å². The number of sulfonamides is 1. The number of para-hydroxylation sites is 3. The summed E-state index contributed by atoms with van der Waals surface area (Å²) in [6, 6.07) is 23.9. The lowest BCUT2D eigenvalue weighted by molar-refractivity contribution is -0.120. The van der Waals surface area contributed by atoms with Crippen LogP contribution in [0.1, 0.15) is 38.3 Å². The number of amides is 1. The predicted molar refractivity (Wildman–Crippen MR) is 149 cm³/mol. The number of hydrogen-bond donors (Lipinski definition) is 1. The number of ether oxygens (including phenoxy) is 1. The van der Waals surface area contributed by atoms with Crippen molar-refractivity contribution in [3.8, 4) is 11.5 Å². The molecule has 0 spiro atoms. The van der Waals surface area contributed by atoms with Crippen molar-refractivity contribution in [3.05, 3.63) is 84.4 Å². The molecule has 1 aliphatic rings. The molecule has 1 amide bonds. The third-order valence-corrected chi connectivity index (χ3v) is 7.84. The fourth-order valence-electron chi connectivity index (χ4n) is 4.49. The molecule has 0 aliphatic carbocycles. The molecule has 1 saturated heterocycles. The average molecular weight is 522 g/mol. The van der Waals surface area contributed by atoms with Gasteiger partial charge in [-0.25, -0.2) is 8.42 Å². The zero-order chi connectivity index (χ0) is 26.4. The quantitative estimate of drug-likeness (QED) is 0.410. The van der Waals surface area contributed by atoms with Crippen LogP contribution in [0.2, 0.25) is 0 Å². The Balaban J connectivity index is 1.44. The van der Waals surface area contributed by atoms with Crippen LogP contribution in [-0.2, 0) is 14.8 Å². The van der Waals surface area contributed by atoms with E-state index >= 15 is 0 Å². The van der Waals surface area contributed by atoms with Gasteiger partial charge in [0.2, 0.25) is 15.9 Å². The SMILES string of the molecule is CC1CCN(c2ccc(C(C)NC(=O)CN(c3ccccc3Oc3ccccc3)S(C)(=O)=O)cc2)CC1. The lowest BCUT2D eigenvalue weighted by Crippen LogP contribution is -2.41. The number of nitrogens with zero attached hydrogens (tertiary/aromatic N) is 2. The highest BCUT2D eigenvalue weighted by molar-refractivity contribution is 7.92. The Labute approximate surface area is 220 Å². The van der Waals surface area contributed by atoms with Crippen molar-refractivity contribution >= 4 is 27.3 Å². The van der Waals surface area contributed by atoms with Crippen molar-refractivity contribution in [2.75, 3.05) is 35.1 Å². The highest BCUT2D eigenvalue weighted by atomic mass is 32.2. The monoisotopic (exact) mass is 521 g/mol. The summed E-state index contributed by atoms with van der Waals surface area (Å²) in [5.74, 6) is 1.29. The number of rotatable bonds is 9. The fraction of sp³-hybridized carbons (Fsp3) is 0.345. The summed E-state index contributed by atoms with van der Waals surface area (Å²) in [4.78, 5) is 15.4. The summed E-state index contributed by atoms with van der Waals surface area (Å²) in [6.45, 7) is 5.95. The van der Waals surface area contributed by atoms with Crippen LogP contribution in [-0.4, -0.2) is 40.2 Å². The second-order valence-electron chi connectivity index (χ2n) is 9.70. The first-order valence-electron chi connectivity index (χ1n) is 12.6. The third-order valence-electron chi connectivity index (χ3n) is 6.71. The smallest absolute Gasteiger partial charge is 0.241 e. The highest BCUT2D eigenvalue weighted by Gasteiger charge is 2.25. The van der Waals surface area contributed by atoms with Gasteiger partial charge in [0.05, 0.1) is 18.0 Å². The minimum Gasteiger partial charge on any atom is -0.455 e. The first-order valence-corrected chi connectivity index (χ1v) is 14.5. The van der Waals surface area contributed by atoms with Crippen LogP contribution in [0, 0.1) is 5.92 Å². The molecule has 196 valence electrons. The summed E-state index contributed by atoms with van der Waals surface area (Å²) in [6.07, 6.45) is 3.48. The van der Waals surface area contributed by atoms with E-state index in [1.807, 2.05) is 37.3 Å². The molecule has 0 aromatic heterocycles. The predicted octanol–water partition coefficient (Wildman–Crippen LogP) is 5.36. The van der Waals surface area contributed by atoms with E-state index in [0.29, 0.717) is 17.2 Å². The van der Waals surface area contributed by atoms with E-state index in [2.05, 4.69) is 29.3 Å². The Morgan fingerprint density at radius 3 is 2.27 bits per heavy atom. The molecule has 7 nitrogen and oxygen atoms in total. The van der Waals surface area contributed by atoms with Crippen LogP contribution in [0.25, 0.3) is 0 Å². The summed E-state index contributed by atoms with van der Waals surface area (Å²) in [7, 11) is -3.76. The number of carbonyl (C=O) groups excluding carboxylic acids is 1. The zero-order valence-corrected chi connectivity index (χ0v) is 22.4. The maximum Gasteiger partial charge on any atom is 0.241 e. The van der Waals surface area contributed by atoms with Gasteiger partial charge in [-0.05, 0) is 67.6 Å². The van der Waals surface area contributed by atoms with Crippen LogP contribution in [0.4, 0.5) is 11.4 Å². The van der Waals surface area contributed by atoms with E-state index < -0.39 is 15.9 Å².